The number of benzene rings is 2. The minimum atomic E-state index is -0.661. The largest absolute Gasteiger partial charge is 0.508 e. The summed E-state index contributed by atoms with van der Waals surface area (Å²) in [6.07, 6.45) is -0.661. The van der Waals surface area contributed by atoms with Crippen LogP contribution in [0.2, 0.25) is 0 Å². The third-order valence-electron chi connectivity index (χ3n) is 3.68. The lowest BCUT2D eigenvalue weighted by Crippen LogP contribution is -2.04. The Morgan fingerprint density at radius 1 is 1.10 bits per heavy atom. The molecular weight excluding hydrogens is 266 g/mol. The summed E-state index contributed by atoms with van der Waals surface area (Å²) in [5, 5.41) is 2.46. The van der Waals surface area contributed by atoms with Crippen LogP contribution in [0, 0.1) is 0 Å². The van der Waals surface area contributed by atoms with E-state index in [4.69, 9.17) is 4.74 Å². The number of hydrogen-bond donors (Lipinski definition) is 0. The highest BCUT2D eigenvalue weighted by Gasteiger charge is 2.10. The molecule has 0 amide bonds. The van der Waals surface area contributed by atoms with Crippen molar-refractivity contribution in [3.63, 3.8) is 0 Å². The Kier molecular flexibility index (Phi) is 3.52. The lowest BCUT2D eigenvalue weighted by atomic mass is 10.1. The van der Waals surface area contributed by atoms with Gasteiger partial charge in [0.1, 0.15) is 6.61 Å². The molecule has 0 unspecified atom stereocenters. The normalized spacial score (nSPS) is 11.0. The van der Waals surface area contributed by atoms with E-state index in [9.17, 15) is 4.79 Å². The Labute approximate surface area is 122 Å². The number of rotatable bonds is 3. The van der Waals surface area contributed by atoms with Gasteiger partial charge < -0.3 is 14.0 Å². The zero-order valence-electron chi connectivity index (χ0n) is 12.1. The van der Waals surface area contributed by atoms with Crippen LogP contribution in [-0.2, 0) is 22.6 Å². The Morgan fingerprint density at radius 2 is 1.86 bits per heavy atom. The first-order valence-corrected chi connectivity index (χ1v) is 6.95. The van der Waals surface area contributed by atoms with Gasteiger partial charge in [-0.1, -0.05) is 30.3 Å². The summed E-state index contributed by atoms with van der Waals surface area (Å²) < 4.78 is 11.8. The molecule has 0 bridgehead atoms. The Morgan fingerprint density at radius 3 is 2.62 bits per heavy atom. The summed E-state index contributed by atoms with van der Waals surface area (Å²) in [6.45, 7) is 3.24. The molecule has 2 aromatic carbocycles. The van der Waals surface area contributed by atoms with Gasteiger partial charge in [0.2, 0.25) is 0 Å². The molecule has 4 nitrogen and oxygen atoms in total. The molecule has 3 aromatic rings. The number of ether oxygens (including phenoxy) is 2. The van der Waals surface area contributed by atoms with Gasteiger partial charge in [0.15, 0.2) is 0 Å². The Hall–Kier alpha value is -2.49. The fraction of sp³-hybridized carbons (Fsp3) is 0.235. The van der Waals surface area contributed by atoms with E-state index in [0.29, 0.717) is 0 Å². The first kappa shape index (κ1) is 13.5. The van der Waals surface area contributed by atoms with Crippen LogP contribution in [0.25, 0.3) is 21.8 Å². The number of aromatic nitrogens is 1. The van der Waals surface area contributed by atoms with Crippen LogP contribution in [0.15, 0.2) is 42.5 Å². The molecule has 0 radical (unpaired) electrons. The molecule has 0 atom stereocenters. The van der Waals surface area contributed by atoms with Gasteiger partial charge in [0, 0.05) is 28.4 Å². The van der Waals surface area contributed by atoms with E-state index in [0.717, 1.165) is 17.6 Å². The molecular formula is C17H17NO3. The predicted molar refractivity (Wildman–Crippen MR) is 82.3 cm³/mol. The van der Waals surface area contributed by atoms with Crippen molar-refractivity contribution in [3.8, 4) is 0 Å². The van der Waals surface area contributed by atoms with Gasteiger partial charge >= 0.3 is 6.16 Å². The van der Waals surface area contributed by atoms with Crippen LogP contribution in [0.1, 0.15) is 12.5 Å². The number of carbonyl (C=O) groups is 1. The molecule has 4 heteroatoms. The van der Waals surface area contributed by atoms with Crippen LogP contribution >= 0.6 is 0 Å². The van der Waals surface area contributed by atoms with Crippen molar-refractivity contribution in [3.05, 3.63) is 48.0 Å². The van der Waals surface area contributed by atoms with Crippen molar-refractivity contribution < 1.29 is 14.3 Å². The quantitative estimate of drug-likeness (QED) is 0.679. The van der Waals surface area contributed by atoms with E-state index in [1.54, 1.807) is 0 Å². The molecule has 108 valence electrons. The van der Waals surface area contributed by atoms with Gasteiger partial charge in [0.05, 0.1) is 7.11 Å². The third-order valence-corrected chi connectivity index (χ3v) is 3.68. The van der Waals surface area contributed by atoms with E-state index in [1.807, 2.05) is 6.07 Å². The third kappa shape index (κ3) is 2.33. The average Bonchev–Trinajstić information content (AvgIpc) is 2.85. The molecule has 0 spiro atoms. The van der Waals surface area contributed by atoms with Crippen molar-refractivity contribution in [2.24, 2.45) is 0 Å². The highest BCUT2D eigenvalue weighted by Crippen LogP contribution is 2.29. The van der Waals surface area contributed by atoms with Gasteiger partial charge in [-0.3, -0.25) is 0 Å². The second-order valence-electron chi connectivity index (χ2n) is 4.86. The van der Waals surface area contributed by atoms with E-state index in [2.05, 4.69) is 52.6 Å². The Bertz CT molecular complexity index is 804. The molecule has 0 N–H and O–H groups in total. The smallest absolute Gasteiger partial charge is 0.438 e. The van der Waals surface area contributed by atoms with E-state index >= 15 is 0 Å². The molecule has 21 heavy (non-hydrogen) atoms. The number of aryl methyl sites for hydroxylation is 1. The van der Waals surface area contributed by atoms with Crippen LogP contribution < -0.4 is 0 Å². The fourth-order valence-corrected chi connectivity index (χ4v) is 2.73. The second kappa shape index (κ2) is 5.48. The maximum atomic E-state index is 11.1. The topological polar surface area (TPSA) is 40.5 Å². The molecule has 0 saturated carbocycles. The molecule has 1 aromatic heterocycles. The second-order valence-corrected chi connectivity index (χ2v) is 4.86. The molecule has 0 fully saturated rings. The van der Waals surface area contributed by atoms with Crippen LogP contribution in [0.4, 0.5) is 4.79 Å². The van der Waals surface area contributed by atoms with Crippen molar-refractivity contribution in [2.75, 3.05) is 7.11 Å². The monoisotopic (exact) mass is 283 g/mol. The maximum Gasteiger partial charge on any atom is 0.508 e. The molecule has 1 heterocycles. The van der Waals surface area contributed by atoms with Gasteiger partial charge in [0.25, 0.3) is 0 Å². The van der Waals surface area contributed by atoms with E-state index in [-0.39, 0.29) is 6.61 Å². The molecule has 0 saturated heterocycles. The summed E-state index contributed by atoms with van der Waals surface area (Å²) in [5.74, 6) is 0. The minimum absolute atomic E-state index is 0.216. The highest BCUT2D eigenvalue weighted by atomic mass is 16.7. The lowest BCUT2D eigenvalue weighted by Gasteiger charge is -2.06. The van der Waals surface area contributed by atoms with Crippen LogP contribution in [-0.4, -0.2) is 17.8 Å². The van der Waals surface area contributed by atoms with E-state index in [1.165, 1.54) is 23.4 Å². The minimum Gasteiger partial charge on any atom is -0.438 e. The zero-order chi connectivity index (χ0) is 14.8. The summed E-state index contributed by atoms with van der Waals surface area (Å²) >= 11 is 0. The van der Waals surface area contributed by atoms with Gasteiger partial charge in [-0.15, -0.1) is 0 Å². The van der Waals surface area contributed by atoms with Crippen LogP contribution in [0.5, 0.6) is 0 Å². The first-order valence-electron chi connectivity index (χ1n) is 6.95. The number of methoxy groups -OCH3 is 1. The maximum absolute atomic E-state index is 11.1. The Balaban J connectivity index is 2.08. The highest BCUT2D eigenvalue weighted by molar-refractivity contribution is 6.08. The van der Waals surface area contributed by atoms with Gasteiger partial charge in [-0.25, -0.2) is 4.79 Å². The number of fused-ring (bicyclic) bond motifs is 3. The summed E-state index contributed by atoms with van der Waals surface area (Å²) in [6, 6.07) is 14.5. The van der Waals surface area contributed by atoms with Crippen molar-refractivity contribution in [2.45, 2.75) is 20.1 Å². The zero-order valence-corrected chi connectivity index (χ0v) is 12.1. The van der Waals surface area contributed by atoms with Crippen molar-refractivity contribution in [1.29, 1.82) is 0 Å². The van der Waals surface area contributed by atoms with Gasteiger partial charge in [-0.2, -0.15) is 0 Å². The predicted octanol–water partition coefficient (Wildman–Crippen LogP) is 4.10. The standard InChI is InChI=1S/C17H17NO3/c1-3-18-15-7-5-4-6-13(15)14-9-8-12(10-16(14)18)11-21-17(19)20-2/h4-10H,3,11H2,1-2H3. The first-order chi connectivity index (χ1) is 10.2. The number of carbonyl (C=O) groups excluding carboxylic acids is 1. The summed E-state index contributed by atoms with van der Waals surface area (Å²) in [5.41, 5.74) is 3.33. The lowest BCUT2D eigenvalue weighted by molar-refractivity contribution is 0.0669. The van der Waals surface area contributed by atoms with Crippen LogP contribution in [0.3, 0.4) is 0 Å². The summed E-state index contributed by atoms with van der Waals surface area (Å²) in [4.78, 5) is 11.1. The average molecular weight is 283 g/mol. The molecule has 3 rings (SSSR count). The molecule has 0 aliphatic rings. The van der Waals surface area contributed by atoms with Crippen molar-refractivity contribution in [1.82, 2.24) is 4.57 Å². The number of hydrogen-bond acceptors (Lipinski definition) is 3. The fourth-order valence-electron chi connectivity index (χ4n) is 2.73. The summed E-state index contributed by atoms with van der Waals surface area (Å²) in [7, 11) is 1.31. The number of nitrogens with zero attached hydrogens (tertiary/aromatic N) is 1. The van der Waals surface area contributed by atoms with E-state index < -0.39 is 6.16 Å². The van der Waals surface area contributed by atoms with Gasteiger partial charge in [-0.05, 0) is 24.6 Å². The molecule has 0 aliphatic heterocycles. The number of para-hydroxylation sites is 1. The van der Waals surface area contributed by atoms with Crippen molar-refractivity contribution >= 4 is 28.0 Å². The molecule has 0 aliphatic carbocycles. The SMILES string of the molecule is CCn1c2ccccc2c2ccc(COC(=O)OC)cc21.